The Labute approximate surface area is 124 Å². The summed E-state index contributed by atoms with van der Waals surface area (Å²) in [6.07, 6.45) is 8.77. The number of aromatic nitrogens is 2. The Morgan fingerprint density at radius 1 is 1.24 bits per heavy atom. The summed E-state index contributed by atoms with van der Waals surface area (Å²) in [6.45, 7) is 3.18. The molecule has 1 atom stereocenters. The molecule has 0 bridgehead atoms. The summed E-state index contributed by atoms with van der Waals surface area (Å²) in [7, 11) is 0. The molecule has 1 aromatic heterocycles. The Kier molecular flexibility index (Phi) is 4.25. The minimum absolute atomic E-state index is 0.146. The molecule has 2 aromatic rings. The molecule has 112 valence electrons. The number of allylic oxidation sites excluding steroid dienone is 1. The van der Waals surface area contributed by atoms with Crippen LogP contribution in [-0.4, -0.2) is 16.5 Å². The topological polar surface area (TPSA) is 60.7 Å². The van der Waals surface area contributed by atoms with E-state index in [2.05, 4.69) is 34.4 Å². The second-order valence-corrected chi connectivity index (χ2v) is 5.92. The third kappa shape index (κ3) is 3.45. The van der Waals surface area contributed by atoms with Gasteiger partial charge in [-0.25, -0.2) is 4.79 Å². The molecular weight excluding hydrogens is 262 g/mol. The van der Waals surface area contributed by atoms with Crippen LogP contribution in [-0.2, 0) is 0 Å². The Bertz CT molecular complexity index is 695. The fourth-order valence-electron chi connectivity index (χ4n) is 3.02. The van der Waals surface area contributed by atoms with Crippen molar-refractivity contribution in [2.75, 3.05) is 6.54 Å². The van der Waals surface area contributed by atoms with Gasteiger partial charge in [-0.1, -0.05) is 17.7 Å². The van der Waals surface area contributed by atoms with E-state index in [1.165, 1.54) is 31.2 Å². The van der Waals surface area contributed by atoms with Gasteiger partial charge in [0.1, 0.15) is 0 Å². The third-order valence-electron chi connectivity index (χ3n) is 4.32. The second-order valence-electron chi connectivity index (χ2n) is 5.92. The van der Waals surface area contributed by atoms with Crippen molar-refractivity contribution in [2.45, 2.75) is 45.1 Å². The van der Waals surface area contributed by atoms with Crippen molar-refractivity contribution >= 4 is 11.0 Å². The molecule has 3 N–H and O–H groups in total. The highest BCUT2D eigenvalue weighted by Gasteiger charge is 2.08. The number of aromatic amines is 2. The van der Waals surface area contributed by atoms with Gasteiger partial charge in [0, 0.05) is 6.04 Å². The van der Waals surface area contributed by atoms with Crippen molar-refractivity contribution in [1.82, 2.24) is 15.3 Å². The highest BCUT2D eigenvalue weighted by atomic mass is 16.1. The van der Waals surface area contributed by atoms with E-state index in [4.69, 9.17) is 0 Å². The minimum Gasteiger partial charge on any atom is -0.310 e. The molecule has 0 saturated carbocycles. The summed E-state index contributed by atoms with van der Waals surface area (Å²) in [5.74, 6) is 0. The molecule has 1 aromatic carbocycles. The Balaban J connectivity index is 1.59. The van der Waals surface area contributed by atoms with Gasteiger partial charge in [0.05, 0.1) is 11.0 Å². The van der Waals surface area contributed by atoms with E-state index in [1.807, 2.05) is 12.1 Å². The molecule has 4 nitrogen and oxygen atoms in total. The average Bonchev–Trinajstić information content (AvgIpc) is 2.87. The maximum absolute atomic E-state index is 11.3. The molecular formula is C17H23N3O. The zero-order chi connectivity index (χ0) is 14.7. The van der Waals surface area contributed by atoms with Crippen molar-refractivity contribution in [3.63, 3.8) is 0 Å². The highest BCUT2D eigenvalue weighted by molar-refractivity contribution is 5.75. The number of hydrogen-bond donors (Lipinski definition) is 3. The first-order chi connectivity index (χ1) is 10.2. The van der Waals surface area contributed by atoms with Gasteiger partial charge in [-0.15, -0.1) is 0 Å². The predicted octanol–water partition coefficient (Wildman–Crippen LogP) is 3.40. The molecule has 1 heterocycles. The lowest BCUT2D eigenvalue weighted by Crippen LogP contribution is -2.20. The largest absolute Gasteiger partial charge is 0.323 e. The monoisotopic (exact) mass is 285 g/mol. The van der Waals surface area contributed by atoms with Crippen LogP contribution in [0.2, 0.25) is 0 Å². The van der Waals surface area contributed by atoms with Crippen LogP contribution in [0, 0.1) is 0 Å². The lowest BCUT2D eigenvalue weighted by molar-refractivity contribution is 0.563. The van der Waals surface area contributed by atoms with Gasteiger partial charge in [-0.05, 0) is 63.3 Å². The van der Waals surface area contributed by atoms with E-state index >= 15 is 0 Å². The van der Waals surface area contributed by atoms with Gasteiger partial charge in [0.25, 0.3) is 0 Å². The normalized spacial score (nSPS) is 16.9. The third-order valence-corrected chi connectivity index (χ3v) is 4.32. The molecule has 0 aliphatic heterocycles. The van der Waals surface area contributed by atoms with Gasteiger partial charge >= 0.3 is 5.69 Å². The van der Waals surface area contributed by atoms with Crippen LogP contribution in [0.4, 0.5) is 0 Å². The first-order valence-electron chi connectivity index (χ1n) is 7.85. The van der Waals surface area contributed by atoms with Gasteiger partial charge in [0.2, 0.25) is 0 Å². The smallest absolute Gasteiger partial charge is 0.310 e. The molecule has 0 spiro atoms. The van der Waals surface area contributed by atoms with Gasteiger partial charge in [0.15, 0.2) is 0 Å². The minimum atomic E-state index is -0.146. The number of imidazole rings is 1. The molecule has 1 unspecified atom stereocenters. The molecule has 3 rings (SSSR count). The Morgan fingerprint density at radius 2 is 2.10 bits per heavy atom. The summed E-state index contributed by atoms with van der Waals surface area (Å²) in [5.41, 5.74) is 4.40. The Morgan fingerprint density at radius 3 is 2.90 bits per heavy atom. The standard InChI is InChI=1S/C17H23N3O/c1-12(18-10-9-13-5-3-2-4-6-13)14-7-8-15-16(11-14)20-17(21)19-15/h5,7-8,11-12,18H,2-4,6,9-10H2,1H3,(H2,19,20,21). The Hall–Kier alpha value is -1.81. The quantitative estimate of drug-likeness (QED) is 0.737. The number of nitrogens with one attached hydrogen (secondary N) is 3. The van der Waals surface area contributed by atoms with Crippen LogP contribution in [0.25, 0.3) is 11.0 Å². The first kappa shape index (κ1) is 14.1. The van der Waals surface area contributed by atoms with Gasteiger partial charge < -0.3 is 15.3 Å². The SMILES string of the molecule is CC(NCCC1=CCCCC1)c1ccc2[nH]c(=O)[nH]c2c1. The average molecular weight is 285 g/mol. The molecule has 0 fully saturated rings. The van der Waals surface area contributed by atoms with Gasteiger partial charge in [-0.2, -0.15) is 0 Å². The van der Waals surface area contributed by atoms with E-state index in [-0.39, 0.29) is 11.7 Å². The van der Waals surface area contributed by atoms with E-state index < -0.39 is 0 Å². The molecule has 1 aliphatic carbocycles. The first-order valence-corrected chi connectivity index (χ1v) is 7.85. The van der Waals surface area contributed by atoms with E-state index in [9.17, 15) is 4.79 Å². The maximum Gasteiger partial charge on any atom is 0.323 e. The summed E-state index contributed by atoms with van der Waals surface area (Å²) in [4.78, 5) is 16.9. The van der Waals surface area contributed by atoms with Crippen molar-refractivity contribution < 1.29 is 0 Å². The number of H-pyrrole nitrogens is 2. The second kappa shape index (κ2) is 6.31. The fraction of sp³-hybridized carbons (Fsp3) is 0.471. The summed E-state index contributed by atoms with van der Waals surface area (Å²) in [5, 5.41) is 3.57. The number of benzene rings is 1. The van der Waals surface area contributed by atoms with Crippen molar-refractivity contribution in [2.24, 2.45) is 0 Å². The molecule has 21 heavy (non-hydrogen) atoms. The van der Waals surface area contributed by atoms with Crippen LogP contribution >= 0.6 is 0 Å². The number of fused-ring (bicyclic) bond motifs is 1. The zero-order valence-electron chi connectivity index (χ0n) is 12.5. The summed E-state index contributed by atoms with van der Waals surface area (Å²) >= 11 is 0. The lowest BCUT2D eigenvalue weighted by Gasteiger charge is -2.17. The molecule has 0 radical (unpaired) electrons. The van der Waals surface area contributed by atoms with Crippen molar-refractivity contribution in [1.29, 1.82) is 0 Å². The molecule has 4 heteroatoms. The van der Waals surface area contributed by atoms with Crippen molar-refractivity contribution in [3.05, 3.63) is 45.9 Å². The fourth-order valence-corrected chi connectivity index (χ4v) is 3.02. The highest BCUT2D eigenvalue weighted by Crippen LogP contribution is 2.21. The van der Waals surface area contributed by atoms with E-state index in [1.54, 1.807) is 5.57 Å². The zero-order valence-corrected chi connectivity index (χ0v) is 12.5. The molecule has 0 saturated heterocycles. The lowest BCUT2D eigenvalue weighted by atomic mass is 9.97. The number of hydrogen-bond acceptors (Lipinski definition) is 2. The summed E-state index contributed by atoms with van der Waals surface area (Å²) < 4.78 is 0. The van der Waals surface area contributed by atoms with Crippen LogP contribution in [0.1, 0.15) is 50.6 Å². The van der Waals surface area contributed by atoms with Crippen LogP contribution in [0.3, 0.4) is 0 Å². The molecule has 1 aliphatic rings. The van der Waals surface area contributed by atoms with Crippen molar-refractivity contribution in [3.8, 4) is 0 Å². The maximum atomic E-state index is 11.3. The van der Waals surface area contributed by atoms with E-state index in [0.29, 0.717) is 0 Å². The molecule has 0 amide bonds. The van der Waals surface area contributed by atoms with Gasteiger partial charge in [-0.3, -0.25) is 0 Å². The van der Waals surface area contributed by atoms with Crippen LogP contribution in [0.5, 0.6) is 0 Å². The van der Waals surface area contributed by atoms with Crippen LogP contribution in [0.15, 0.2) is 34.6 Å². The summed E-state index contributed by atoms with van der Waals surface area (Å²) in [6, 6.07) is 6.37. The van der Waals surface area contributed by atoms with E-state index in [0.717, 1.165) is 24.0 Å². The number of rotatable bonds is 5. The van der Waals surface area contributed by atoms with Crippen LogP contribution < -0.4 is 11.0 Å². The predicted molar refractivity (Wildman–Crippen MR) is 86.5 cm³/mol.